The van der Waals surface area contributed by atoms with E-state index in [4.69, 9.17) is 36.4 Å². The molecule has 19 nitrogen and oxygen atoms in total. The van der Waals surface area contributed by atoms with Gasteiger partial charge in [-0.05, 0) is 93.4 Å². The van der Waals surface area contributed by atoms with E-state index < -0.39 is 35.2 Å². The van der Waals surface area contributed by atoms with Crippen LogP contribution in [0.1, 0.15) is 82.5 Å². The second-order valence-electron chi connectivity index (χ2n) is 18.5. The molecule has 6 aromatic carbocycles. The van der Waals surface area contributed by atoms with Gasteiger partial charge in [-0.2, -0.15) is 9.97 Å². The van der Waals surface area contributed by atoms with Gasteiger partial charge in [0.2, 0.25) is 0 Å². The fourth-order valence-corrected chi connectivity index (χ4v) is 9.90. The first kappa shape index (κ1) is 59.0. The van der Waals surface area contributed by atoms with Crippen LogP contribution in [0.15, 0.2) is 202 Å². The average molecular weight is 1140 g/mol. The quantitative estimate of drug-likeness (QED) is 0.0160. The lowest BCUT2D eigenvalue weighted by molar-refractivity contribution is -0.139. The number of Topliss-reactive ketones (excluding diaryl/α,β-unsaturated/α-hetero) is 1. The standard InChI is InChI=1S/C32H30N4O5.C23H20ClN3O3.C8H10N2O2/c1-4-41-31(38)26-20(2)34-30-28(27(26)21-12-7-5-8-13-21)29(35-32(39)36(30)23-15-9-6-10-16-23)33-19-25(37)22-14-11-17-24(18-22)40-3;1-3-30-22(28)17-14(2)25-21-19(18(17)15-10-6-4-7-11-15)20(24)26-23(29)27(21)16-12-8-5-9-13-16;1-12-7-4-2-3-6(5-7)8(11)10-9/h5-18,27,34H,4,19H2,1-3H3,(H,33,35,39);4-13,18,25H,3H2,1-2H3;2-5H,9H2,1H3,(H,10,11). The minimum absolute atomic E-state index is 0.0535. The summed E-state index contributed by atoms with van der Waals surface area (Å²) in [6.45, 7) is 7.40. The highest BCUT2D eigenvalue weighted by molar-refractivity contribution is 6.30. The van der Waals surface area contributed by atoms with Gasteiger partial charge in [-0.15, -0.1) is 0 Å². The molecule has 2 atom stereocenters. The number of methoxy groups -OCH3 is 2. The second kappa shape index (κ2) is 27.4. The van der Waals surface area contributed by atoms with Crippen LogP contribution >= 0.6 is 11.6 Å². The van der Waals surface area contributed by atoms with Crippen molar-refractivity contribution in [1.29, 1.82) is 0 Å². The molecule has 0 bridgehead atoms. The van der Waals surface area contributed by atoms with Gasteiger partial charge < -0.3 is 34.9 Å². The molecule has 83 heavy (non-hydrogen) atoms. The number of rotatable bonds is 15. The lowest BCUT2D eigenvalue weighted by atomic mass is 9.81. The Balaban J connectivity index is 0.000000186. The molecule has 2 aliphatic heterocycles. The molecule has 10 rings (SSSR count). The number of carbonyl (C=O) groups excluding carboxylic acids is 4. The number of ketones is 1. The lowest BCUT2D eigenvalue weighted by Crippen LogP contribution is -2.34. The summed E-state index contributed by atoms with van der Waals surface area (Å²) in [5, 5.41) is 9.67. The van der Waals surface area contributed by atoms with Crippen molar-refractivity contribution in [2.75, 3.05) is 49.9 Å². The number of anilines is 3. The number of hydrazine groups is 1. The summed E-state index contributed by atoms with van der Waals surface area (Å²) >= 11 is 6.51. The molecule has 2 aromatic heterocycles. The number of esters is 2. The highest BCUT2D eigenvalue weighted by Crippen LogP contribution is 2.46. The third-order valence-electron chi connectivity index (χ3n) is 13.3. The van der Waals surface area contributed by atoms with Crippen molar-refractivity contribution in [3.63, 3.8) is 0 Å². The minimum Gasteiger partial charge on any atom is -0.497 e. The number of hydrogen-bond acceptors (Lipinski definition) is 16. The monoisotopic (exact) mass is 1140 g/mol. The lowest BCUT2D eigenvalue weighted by Gasteiger charge is -2.33. The van der Waals surface area contributed by atoms with Crippen LogP contribution in [0, 0.1) is 0 Å². The molecular weight excluding hydrogens is 1080 g/mol. The molecule has 0 aliphatic carbocycles. The number of nitrogens with one attached hydrogen (secondary N) is 4. The number of amides is 1. The van der Waals surface area contributed by atoms with Crippen molar-refractivity contribution in [2.24, 2.45) is 5.84 Å². The number of hydrogen-bond donors (Lipinski definition) is 5. The molecule has 0 spiro atoms. The van der Waals surface area contributed by atoms with Gasteiger partial charge in [-0.3, -0.25) is 15.0 Å². The van der Waals surface area contributed by atoms with Crippen LogP contribution in [0.5, 0.6) is 11.5 Å². The molecule has 20 heteroatoms. The van der Waals surface area contributed by atoms with Gasteiger partial charge in [0, 0.05) is 39.6 Å². The average Bonchev–Trinajstić information content (AvgIpc) is 1.88. The van der Waals surface area contributed by atoms with Crippen molar-refractivity contribution < 1.29 is 38.1 Å². The third-order valence-corrected chi connectivity index (χ3v) is 13.6. The van der Waals surface area contributed by atoms with Crippen molar-refractivity contribution in [3.8, 4) is 22.9 Å². The maximum absolute atomic E-state index is 13.5. The Hall–Kier alpha value is -10.1. The number of fused-ring (bicyclic) bond motifs is 2. The third kappa shape index (κ3) is 13.2. The Morgan fingerprint density at radius 1 is 0.578 bits per heavy atom. The number of ether oxygens (including phenoxy) is 4. The molecular formula is C63H60ClN9O10. The van der Waals surface area contributed by atoms with Crippen molar-refractivity contribution in [1.82, 2.24) is 24.5 Å². The van der Waals surface area contributed by atoms with E-state index in [-0.39, 0.29) is 42.4 Å². The van der Waals surface area contributed by atoms with Gasteiger partial charge in [-0.1, -0.05) is 127 Å². The Bertz CT molecular complexity index is 3860. The van der Waals surface area contributed by atoms with Crippen LogP contribution in [-0.4, -0.2) is 76.7 Å². The summed E-state index contributed by atoms with van der Waals surface area (Å²) in [4.78, 5) is 85.2. The molecule has 6 N–H and O–H groups in total. The zero-order valence-electron chi connectivity index (χ0n) is 46.3. The first-order chi connectivity index (χ1) is 40.2. The number of nitrogens with two attached hydrogens (primary N) is 1. The maximum Gasteiger partial charge on any atom is 0.355 e. The summed E-state index contributed by atoms with van der Waals surface area (Å²) in [6.07, 6.45) is 0. The smallest absolute Gasteiger partial charge is 0.355 e. The highest BCUT2D eigenvalue weighted by atomic mass is 35.5. The first-order valence-electron chi connectivity index (χ1n) is 26.3. The van der Waals surface area contributed by atoms with Crippen LogP contribution in [0.2, 0.25) is 5.15 Å². The zero-order valence-corrected chi connectivity index (χ0v) is 47.0. The van der Waals surface area contributed by atoms with Crippen LogP contribution in [0.4, 0.5) is 17.5 Å². The number of halogens is 1. The van der Waals surface area contributed by atoms with Gasteiger partial charge in [-0.25, -0.2) is 34.2 Å². The van der Waals surface area contributed by atoms with Crippen molar-refractivity contribution >= 4 is 52.7 Å². The maximum atomic E-state index is 13.5. The van der Waals surface area contributed by atoms with E-state index in [9.17, 15) is 28.8 Å². The number of nitrogens with zero attached hydrogens (tertiary/aromatic N) is 4. The molecule has 4 heterocycles. The zero-order chi connectivity index (χ0) is 59.2. The SMILES string of the molecule is CCOC(=O)C1=C(C)Nc2c(c(Cl)nc(=O)n2-c2ccccc2)C1c1ccccc1.CCOC(=O)C1=C(C)Nc2c(c(NCC(=O)c3cccc(OC)c3)nc(=O)n2-c2ccccc2)C1c1ccccc1.COc1cccc(C(=O)NN)c1. The Labute approximate surface area is 483 Å². The number of benzene rings is 6. The van der Waals surface area contributed by atoms with E-state index in [1.54, 1.807) is 83.3 Å². The number of allylic oxidation sites excluding steroid dienone is 2. The highest BCUT2D eigenvalue weighted by Gasteiger charge is 2.39. The molecule has 424 valence electrons. The molecule has 0 radical (unpaired) electrons. The van der Waals surface area contributed by atoms with E-state index in [0.717, 1.165) is 11.1 Å². The largest absolute Gasteiger partial charge is 0.497 e. The molecule has 1 amide bonds. The van der Waals surface area contributed by atoms with E-state index >= 15 is 0 Å². The minimum atomic E-state index is -0.635. The second-order valence-corrected chi connectivity index (χ2v) is 18.8. The molecule has 2 aliphatic rings. The molecule has 0 saturated heterocycles. The molecule has 0 fully saturated rings. The summed E-state index contributed by atoms with van der Waals surface area (Å²) in [5.74, 6) is 4.67. The Kier molecular flexibility index (Phi) is 19.5. The topological polar surface area (TPSA) is 249 Å². The van der Waals surface area contributed by atoms with E-state index in [1.165, 1.54) is 16.2 Å². The molecule has 8 aromatic rings. The van der Waals surface area contributed by atoms with Crippen LogP contribution in [-0.2, 0) is 19.1 Å². The van der Waals surface area contributed by atoms with E-state index in [2.05, 4.69) is 25.9 Å². The van der Waals surface area contributed by atoms with Gasteiger partial charge in [0.25, 0.3) is 5.91 Å². The van der Waals surface area contributed by atoms with Crippen LogP contribution in [0.3, 0.4) is 0 Å². The number of carbonyl (C=O) groups is 4. The van der Waals surface area contributed by atoms with Gasteiger partial charge in [0.15, 0.2) is 5.78 Å². The first-order valence-corrected chi connectivity index (χ1v) is 26.7. The normalized spacial score (nSPS) is 13.8. The van der Waals surface area contributed by atoms with Crippen LogP contribution < -0.4 is 48.1 Å². The number of aromatic nitrogens is 4. The van der Waals surface area contributed by atoms with Gasteiger partial charge in [0.05, 0.1) is 62.4 Å². The van der Waals surface area contributed by atoms with E-state index in [0.29, 0.717) is 79.3 Å². The number of nitrogen functional groups attached to an aromatic ring is 1. The van der Waals surface area contributed by atoms with Gasteiger partial charge in [0.1, 0.15) is 34.1 Å². The van der Waals surface area contributed by atoms with Crippen LogP contribution in [0.25, 0.3) is 11.4 Å². The number of para-hydroxylation sites is 2. The fourth-order valence-electron chi connectivity index (χ4n) is 9.62. The van der Waals surface area contributed by atoms with Crippen molar-refractivity contribution in [3.05, 3.63) is 252 Å². The summed E-state index contributed by atoms with van der Waals surface area (Å²) < 4.78 is 23.9. The fraction of sp³-hybridized carbons (Fsp3) is 0.175. The Morgan fingerprint density at radius 2 is 1.00 bits per heavy atom. The Morgan fingerprint density at radius 3 is 1.46 bits per heavy atom. The van der Waals surface area contributed by atoms with E-state index in [1.807, 2.05) is 127 Å². The molecule has 0 saturated carbocycles. The predicted molar refractivity (Wildman–Crippen MR) is 318 cm³/mol. The summed E-state index contributed by atoms with van der Waals surface area (Å²) in [5.41, 5.74) is 7.93. The predicted octanol–water partition coefficient (Wildman–Crippen LogP) is 9.51. The summed E-state index contributed by atoms with van der Waals surface area (Å²) in [7, 11) is 3.08. The summed E-state index contributed by atoms with van der Waals surface area (Å²) in [6, 6.07) is 50.9. The van der Waals surface area contributed by atoms with Gasteiger partial charge >= 0.3 is 23.3 Å². The molecule has 2 unspecified atom stereocenters. The van der Waals surface area contributed by atoms with Crippen molar-refractivity contribution in [2.45, 2.75) is 39.5 Å².